The Labute approximate surface area is 413 Å². The van der Waals surface area contributed by atoms with Crippen molar-refractivity contribution in [2.24, 2.45) is 0 Å². The van der Waals surface area contributed by atoms with Crippen LogP contribution in [0, 0.1) is 83.1 Å². The molecule has 254 valence electrons. The Kier molecular flexibility index (Phi) is 16.7. The first-order valence-corrected chi connectivity index (χ1v) is 26.1. The number of hydrogen-bond acceptors (Lipinski definition) is 2. The van der Waals surface area contributed by atoms with Gasteiger partial charge in [0.25, 0.3) is 0 Å². The summed E-state index contributed by atoms with van der Waals surface area (Å²) in [6.07, 6.45) is 0. The van der Waals surface area contributed by atoms with E-state index in [0.29, 0.717) is 0 Å². The Morgan fingerprint density at radius 1 is 0.365 bits per heavy atom. The summed E-state index contributed by atoms with van der Waals surface area (Å²) < 4.78 is 3.16. The molecule has 0 saturated carbocycles. The van der Waals surface area contributed by atoms with E-state index < -0.39 is 15.8 Å². The SMILES string of the molecule is Cc1cc(C)c([Si-]=[Si](c2ccc(-c3ccc([Si](=[Si-]c4c(C)cc(C)cc4C)c4c(C)cc(C)cc4C)s3)s2)c2c(C)cc(C)cc2C)c(C)c1.[K+].[K+]. The van der Waals surface area contributed by atoms with Gasteiger partial charge in [0.15, 0.2) is 0 Å². The Morgan fingerprint density at radius 2 is 0.615 bits per heavy atom. The molecular formula is C44H48K2S2Si4. The number of benzene rings is 4. The summed E-state index contributed by atoms with van der Waals surface area (Å²) in [5.41, 5.74) is 17.1. The molecule has 2 heterocycles. The second-order valence-electron chi connectivity index (χ2n) is 14.4. The summed E-state index contributed by atoms with van der Waals surface area (Å²) in [7, 11) is -0.496. The average Bonchev–Trinajstić information content (AvgIpc) is 3.68. The molecule has 0 N–H and O–H groups in total. The molecule has 4 aromatic carbocycles. The monoisotopic (exact) mass is 830 g/mol. The van der Waals surface area contributed by atoms with E-state index in [1.54, 1.807) is 29.7 Å². The first kappa shape index (κ1) is 45.1. The van der Waals surface area contributed by atoms with Gasteiger partial charge in [-0.15, -0.1) is 38.5 Å². The van der Waals surface area contributed by atoms with E-state index in [1.807, 2.05) is 0 Å². The van der Waals surface area contributed by atoms with Crippen LogP contribution in [0.1, 0.15) is 66.8 Å². The third kappa shape index (κ3) is 10.1. The molecule has 0 nitrogen and oxygen atoms in total. The van der Waals surface area contributed by atoms with Gasteiger partial charge in [-0.05, 0) is 104 Å². The molecule has 0 aliphatic heterocycles. The van der Waals surface area contributed by atoms with Crippen LogP contribution < -0.4 is 133 Å². The normalized spacial score (nSPS) is 11.8. The Balaban J connectivity index is 0.00000302. The van der Waals surface area contributed by atoms with Gasteiger partial charge in [0, 0.05) is 9.75 Å². The first-order chi connectivity index (χ1) is 23.7. The van der Waals surface area contributed by atoms with Gasteiger partial charge >= 0.3 is 103 Å². The molecule has 0 aliphatic rings. The summed E-state index contributed by atoms with van der Waals surface area (Å²) in [5.74, 6) is 0. The molecule has 0 unspecified atom stereocenters. The fourth-order valence-corrected chi connectivity index (χ4v) is 26.5. The molecule has 6 aromatic rings. The minimum atomic E-state index is -1.03. The average molecular weight is 832 g/mol. The molecule has 8 heteroatoms. The molecule has 0 atom stereocenters. The first-order valence-electron chi connectivity index (χ1n) is 17.5. The number of rotatable bonds is 7. The number of aryl methyl sites for hydroxylation is 12. The van der Waals surface area contributed by atoms with Gasteiger partial charge in [-0.25, -0.2) is 10.4 Å². The smallest absolute Gasteiger partial charge is 0.407 e. The van der Waals surface area contributed by atoms with Crippen molar-refractivity contribution in [2.45, 2.75) is 83.1 Å². The van der Waals surface area contributed by atoms with E-state index in [4.69, 9.17) is 0 Å². The van der Waals surface area contributed by atoms with Crippen LogP contribution >= 0.6 is 22.7 Å². The zero-order chi connectivity index (χ0) is 36.0. The molecule has 2 aromatic heterocycles. The molecule has 0 amide bonds. The molecular weight excluding hydrogens is 783 g/mol. The van der Waals surface area contributed by atoms with Crippen LogP contribution in [-0.4, -0.2) is 33.0 Å². The Hall–Kier alpha value is 0.420. The van der Waals surface area contributed by atoms with Gasteiger partial charge in [-0.2, -0.15) is 0 Å². The summed E-state index contributed by atoms with van der Waals surface area (Å²) in [6.45, 7) is 27.6. The molecule has 0 radical (unpaired) electrons. The minimum absolute atomic E-state index is 0. The predicted molar refractivity (Wildman–Crippen MR) is 231 cm³/mol. The van der Waals surface area contributed by atoms with Crippen LogP contribution in [0.25, 0.3) is 9.75 Å². The van der Waals surface area contributed by atoms with Crippen LogP contribution in [0.2, 0.25) is 0 Å². The standard InChI is InChI=1S/C44H48S2Si4.2K/c1-25-17-29(5)41(30(6)18-25)47-49(43-33(9)21-27(3)22-34(43)10)39-15-13-37(45-39)38-14-16-40(46-38)50(44-35(11)23-28(4)24-36(44)12)48-42-31(7)19-26(2)20-32(42)8;;/h13-24H,1-12H3;;/q-2;2*+1. The third-order valence-electron chi connectivity index (χ3n) is 9.66. The quantitative estimate of drug-likeness (QED) is 0.214. The molecule has 0 aliphatic carbocycles. The maximum atomic E-state index is 2.49. The predicted octanol–water partition coefficient (Wildman–Crippen LogP) is 1.46. The molecule has 6 rings (SSSR count). The number of thiophene rings is 2. The zero-order valence-electron chi connectivity index (χ0n) is 33.7. The van der Waals surface area contributed by atoms with E-state index >= 15 is 0 Å². The summed E-state index contributed by atoms with van der Waals surface area (Å²) >= 11 is 4.12. The van der Waals surface area contributed by atoms with Crippen LogP contribution in [0.3, 0.4) is 0 Å². The Morgan fingerprint density at radius 3 is 0.885 bits per heavy atom. The van der Waals surface area contributed by atoms with Gasteiger partial charge in [0.2, 0.25) is 0 Å². The van der Waals surface area contributed by atoms with Gasteiger partial charge in [0.05, 0.1) is 0 Å². The Bertz CT molecular complexity index is 2100. The van der Waals surface area contributed by atoms with E-state index in [2.05, 4.69) is 179 Å². The van der Waals surface area contributed by atoms with Crippen molar-refractivity contribution in [1.29, 1.82) is 0 Å². The molecule has 0 fully saturated rings. The van der Waals surface area contributed by atoms with E-state index in [-0.39, 0.29) is 103 Å². The van der Waals surface area contributed by atoms with Gasteiger partial charge < -0.3 is 17.2 Å². The van der Waals surface area contributed by atoms with E-state index in [1.165, 1.54) is 76.5 Å². The van der Waals surface area contributed by atoms with E-state index in [0.717, 1.165) is 17.2 Å². The van der Waals surface area contributed by atoms with Crippen LogP contribution in [0.4, 0.5) is 0 Å². The molecule has 0 spiro atoms. The minimum Gasteiger partial charge on any atom is -0.407 e. The van der Waals surface area contributed by atoms with Gasteiger partial charge in [-0.3, -0.25) is 0 Å². The number of hydrogen-bond donors (Lipinski definition) is 0. The zero-order valence-corrected chi connectivity index (χ0v) is 45.6. The van der Waals surface area contributed by atoms with Crippen molar-refractivity contribution in [3.05, 3.63) is 140 Å². The van der Waals surface area contributed by atoms with E-state index in [9.17, 15) is 0 Å². The van der Waals surface area contributed by atoms with Gasteiger partial charge in [-0.1, -0.05) is 138 Å². The van der Waals surface area contributed by atoms with Crippen molar-refractivity contribution >= 4 is 85.4 Å². The maximum absolute atomic E-state index is 2.49. The van der Waals surface area contributed by atoms with Crippen LogP contribution in [0.15, 0.2) is 72.8 Å². The summed E-state index contributed by atoms with van der Waals surface area (Å²) in [4.78, 5) is 2.85. The fraction of sp³-hybridized carbons (Fsp3) is 0.273. The topological polar surface area (TPSA) is 0 Å². The third-order valence-corrected chi connectivity index (χ3v) is 27.2. The largest absolute Gasteiger partial charge is 1.00 e. The van der Waals surface area contributed by atoms with Crippen molar-refractivity contribution in [3.63, 3.8) is 0 Å². The van der Waals surface area contributed by atoms with Crippen molar-refractivity contribution < 1.29 is 103 Å². The fourth-order valence-electron chi connectivity index (χ4n) is 7.86. The molecule has 0 bridgehead atoms. The molecule has 52 heavy (non-hydrogen) atoms. The maximum Gasteiger partial charge on any atom is 1.00 e. The van der Waals surface area contributed by atoms with Crippen molar-refractivity contribution in [3.8, 4) is 9.75 Å². The van der Waals surface area contributed by atoms with Gasteiger partial charge in [0.1, 0.15) is 0 Å². The summed E-state index contributed by atoms with van der Waals surface area (Å²) in [6, 6.07) is 29.0. The second kappa shape index (κ2) is 19.2. The van der Waals surface area contributed by atoms with Crippen molar-refractivity contribution in [2.75, 3.05) is 0 Å². The second-order valence-corrected chi connectivity index (χ2v) is 26.9. The molecule has 0 saturated heterocycles. The van der Waals surface area contributed by atoms with Crippen molar-refractivity contribution in [1.82, 2.24) is 0 Å². The summed E-state index contributed by atoms with van der Waals surface area (Å²) in [5, 5.41) is 6.35. The van der Waals surface area contributed by atoms with Crippen LogP contribution in [0.5, 0.6) is 0 Å². The van der Waals surface area contributed by atoms with Crippen LogP contribution in [-0.2, 0) is 0 Å².